The van der Waals surface area contributed by atoms with Crippen LogP contribution in [0.15, 0.2) is 85.2 Å². The van der Waals surface area contributed by atoms with Gasteiger partial charge in [0.05, 0.1) is 0 Å². The highest BCUT2D eigenvalue weighted by atomic mass is 16.5. The van der Waals surface area contributed by atoms with Crippen LogP contribution in [0.5, 0.6) is 0 Å². The van der Waals surface area contributed by atoms with Crippen LogP contribution in [0.2, 0.25) is 0 Å². The minimum atomic E-state index is 0.0920. The van der Waals surface area contributed by atoms with Crippen molar-refractivity contribution in [3.05, 3.63) is 102 Å². The van der Waals surface area contributed by atoms with Crippen molar-refractivity contribution in [2.75, 3.05) is 0 Å². The van der Waals surface area contributed by atoms with Gasteiger partial charge in [-0.3, -0.25) is 0 Å². The van der Waals surface area contributed by atoms with E-state index in [1.807, 2.05) is 19.1 Å². The van der Waals surface area contributed by atoms with Gasteiger partial charge in [0.2, 0.25) is 0 Å². The zero-order valence-corrected chi connectivity index (χ0v) is 12.9. The minimum Gasteiger partial charge on any atom is -0.488 e. The predicted molar refractivity (Wildman–Crippen MR) is 92.3 cm³/mol. The largest absolute Gasteiger partial charge is 0.488 e. The van der Waals surface area contributed by atoms with Crippen LogP contribution in [0, 0.1) is 0 Å². The van der Waals surface area contributed by atoms with Crippen LogP contribution in [0.1, 0.15) is 29.5 Å². The van der Waals surface area contributed by atoms with E-state index in [9.17, 15) is 0 Å². The third-order valence-corrected chi connectivity index (χ3v) is 4.02. The molecule has 0 bridgehead atoms. The maximum absolute atomic E-state index is 6.02. The summed E-state index contributed by atoms with van der Waals surface area (Å²) >= 11 is 0. The van der Waals surface area contributed by atoms with Gasteiger partial charge in [-0.1, -0.05) is 67.3 Å². The van der Waals surface area contributed by atoms with Crippen LogP contribution in [0.25, 0.3) is 5.57 Å². The molecule has 0 N–H and O–H groups in total. The fourth-order valence-electron chi connectivity index (χ4n) is 3.00. The molecule has 0 spiro atoms. The lowest BCUT2D eigenvalue weighted by Gasteiger charge is -2.28. The van der Waals surface area contributed by atoms with Gasteiger partial charge in [-0.25, -0.2) is 0 Å². The molecule has 1 heterocycles. The molecule has 22 heavy (non-hydrogen) atoms. The van der Waals surface area contributed by atoms with Crippen LogP contribution in [0.3, 0.4) is 0 Å². The summed E-state index contributed by atoms with van der Waals surface area (Å²) in [6, 6.07) is 18.8. The van der Waals surface area contributed by atoms with Gasteiger partial charge in [-0.2, -0.15) is 0 Å². The van der Waals surface area contributed by atoms with Gasteiger partial charge in [0.1, 0.15) is 12.4 Å². The second-order valence-electron chi connectivity index (χ2n) is 5.59. The first-order chi connectivity index (χ1) is 10.7. The van der Waals surface area contributed by atoms with E-state index in [1.165, 1.54) is 16.7 Å². The van der Waals surface area contributed by atoms with Crippen molar-refractivity contribution < 1.29 is 4.74 Å². The molecule has 1 aliphatic rings. The average Bonchev–Trinajstić information content (AvgIpc) is 2.56. The van der Waals surface area contributed by atoms with Gasteiger partial charge >= 0.3 is 0 Å². The highest BCUT2D eigenvalue weighted by Gasteiger charge is 2.26. The van der Waals surface area contributed by atoms with Crippen molar-refractivity contribution in [1.29, 1.82) is 0 Å². The topological polar surface area (TPSA) is 9.23 Å². The Labute approximate surface area is 132 Å². The lowest BCUT2D eigenvalue weighted by atomic mass is 9.82. The normalized spacial score (nSPS) is 14.8. The predicted octanol–water partition coefficient (Wildman–Crippen LogP) is 5.47. The van der Waals surface area contributed by atoms with E-state index in [0.29, 0.717) is 6.61 Å². The number of benzene rings is 2. The monoisotopic (exact) mass is 288 g/mol. The van der Waals surface area contributed by atoms with Crippen molar-refractivity contribution in [3.63, 3.8) is 0 Å². The van der Waals surface area contributed by atoms with Gasteiger partial charge < -0.3 is 4.74 Å². The summed E-state index contributed by atoms with van der Waals surface area (Å²) in [6.07, 6.45) is 1.99. The molecule has 1 aliphatic heterocycles. The lowest BCUT2D eigenvalue weighted by molar-refractivity contribution is 0.202. The van der Waals surface area contributed by atoms with E-state index in [1.54, 1.807) is 0 Å². The molecule has 1 nitrogen and oxygen atoms in total. The molecule has 1 atom stereocenters. The van der Waals surface area contributed by atoms with E-state index < -0.39 is 0 Å². The number of hydrogen-bond donors (Lipinski definition) is 0. The number of ether oxygens (including phenoxy) is 1. The Morgan fingerprint density at radius 1 is 1.09 bits per heavy atom. The summed E-state index contributed by atoms with van der Waals surface area (Å²) in [6.45, 7) is 10.7. The third-order valence-electron chi connectivity index (χ3n) is 4.02. The number of allylic oxidation sites excluding steroid dienone is 3. The van der Waals surface area contributed by atoms with Crippen LogP contribution < -0.4 is 0 Å². The van der Waals surface area contributed by atoms with Crippen LogP contribution in [0.4, 0.5) is 0 Å². The second-order valence-corrected chi connectivity index (χ2v) is 5.59. The van der Waals surface area contributed by atoms with Gasteiger partial charge in [0, 0.05) is 11.5 Å². The van der Waals surface area contributed by atoms with Crippen molar-refractivity contribution >= 4 is 5.57 Å². The van der Waals surface area contributed by atoms with Crippen molar-refractivity contribution in [3.8, 4) is 0 Å². The molecule has 0 aromatic heterocycles. The zero-order chi connectivity index (χ0) is 15.5. The fourth-order valence-corrected chi connectivity index (χ4v) is 3.00. The first-order valence-corrected chi connectivity index (χ1v) is 7.51. The average molecular weight is 288 g/mol. The molecular formula is C21H20O. The van der Waals surface area contributed by atoms with Crippen molar-refractivity contribution in [2.24, 2.45) is 0 Å². The van der Waals surface area contributed by atoms with Gasteiger partial charge in [0.25, 0.3) is 0 Å². The Hall–Kier alpha value is -2.54. The highest BCUT2D eigenvalue weighted by molar-refractivity contribution is 5.80. The van der Waals surface area contributed by atoms with Gasteiger partial charge in [-0.15, -0.1) is 6.58 Å². The molecule has 1 unspecified atom stereocenters. The van der Waals surface area contributed by atoms with Crippen molar-refractivity contribution in [2.45, 2.75) is 19.4 Å². The maximum atomic E-state index is 6.02. The first kappa shape index (κ1) is 14.4. The molecule has 0 aliphatic carbocycles. The van der Waals surface area contributed by atoms with E-state index >= 15 is 0 Å². The second kappa shape index (κ2) is 6.07. The van der Waals surface area contributed by atoms with E-state index in [0.717, 1.165) is 16.9 Å². The highest BCUT2D eigenvalue weighted by Crippen LogP contribution is 2.42. The molecule has 0 radical (unpaired) electrons. The lowest BCUT2D eigenvalue weighted by Crippen LogP contribution is -2.13. The SMILES string of the molecule is C=CC(C1=C(C(=C)C)OCc2ccccc21)c1ccccc1. The summed E-state index contributed by atoms with van der Waals surface area (Å²) in [5.41, 5.74) is 5.78. The van der Waals surface area contributed by atoms with Crippen molar-refractivity contribution in [1.82, 2.24) is 0 Å². The molecule has 1 heteroatoms. The summed E-state index contributed by atoms with van der Waals surface area (Å²) in [5, 5.41) is 0. The molecule has 0 amide bonds. The molecular weight excluding hydrogens is 268 g/mol. The minimum absolute atomic E-state index is 0.0920. The number of hydrogen-bond acceptors (Lipinski definition) is 1. The van der Waals surface area contributed by atoms with Gasteiger partial charge in [0.15, 0.2) is 0 Å². The number of fused-ring (bicyclic) bond motifs is 1. The maximum Gasteiger partial charge on any atom is 0.126 e. The summed E-state index contributed by atoms with van der Waals surface area (Å²) in [4.78, 5) is 0. The van der Waals surface area contributed by atoms with Crippen LogP contribution >= 0.6 is 0 Å². The van der Waals surface area contributed by atoms with E-state index in [-0.39, 0.29) is 5.92 Å². The Bertz CT molecular complexity index is 738. The Morgan fingerprint density at radius 2 is 1.77 bits per heavy atom. The molecule has 110 valence electrons. The van der Waals surface area contributed by atoms with E-state index in [2.05, 4.69) is 61.7 Å². The van der Waals surface area contributed by atoms with Gasteiger partial charge in [-0.05, 0) is 29.2 Å². The zero-order valence-electron chi connectivity index (χ0n) is 12.9. The summed E-state index contributed by atoms with van der Waals surface area (Å²) in [7, 11) is 0. The fraction of sp³-hybridized carbons (Fsp3) is 0.143. The standard InChI is InChI=1S/C21H20O/c1-4-18(16-10-6-5-7-11-16)20-19-13-9-8-12-17(19)14-22-21(20)15(2)3/h4-13,18H,1-2,14H2,3H3. The molecule has 0 saturated heterocycles. The van der Waals surface area contributed by atoms with Crippen LogP contribution in [-0.2, 0) is 11.3 Å². The quantitative estimate of drug-likeness (QED) is 0.677. The third kappa shape index (κ3) is 2.50. The molecule has 2 aromatic carbocycles. The first-order valence-electron chi connectivity index (χ1n) is 7.51. The molecule has 0 fully saturated rings. The van der Waals surface area contributed by atoms with E-state index in [4.69, 9.17) is 4.74 Å². The van der Waals surface area contributed by atoms with Crippen LogP contribution in [-0.4, -0.2) is 0 Å². The number of rotatable bonds is 4. The summed E-state index contributed by atoms with van der Waals surface area (Å²) < 4.78 is 6.02. The Kier molecular flexibility index (Phi) is 3.97. The Balaban J connectivity index is 2.22. The molecule has 2 aromatic rings. The molecule has 3 rings (SSSR count). The summed E-state index contributed by atoms with van der Waals surface area (Å²) in [5.74, 6) is 0.988. The molecule has 0 saturated carbocycles. The smallest absolute Gasteiger partial charge is 0.126 e. The Morgan fingerprint density at radius 3 is 2.45 bits per heavy atom.